The van der Waals surface area contributed by atoms with Gasteiger partial charge in [-0.25, -0.2) is 0 Å². The molecule has 2 nitrogen and oxygen atoms in total. The predicted octanol–water partition coefficient (Wildman–Crippen LogP) is 5.14. The molecule has 1 fully saturated rings. The zero-order valence-corrected chi connectivity index (χ0v) is 15.4. The number of nitrogens with one attached hydrogen (secondary N) is 1. The molecular weight excluding hydrogens is 372 g/mol. The number of pyridine rings is 1. The fraction of sp³-hybridized carbons (Fsp3) is 0.421. The van der Waals surface area contributed by atoms with Crippen LogP contribution in [0, 0.1) is 0 Å². The van der Waals surface area contributed by atoms with Gasteiger partial charge in [0.1, 0.15) is 0 Å². The van der Waals surface area contributed by atoms with Gasteiger partial charge in [-0.2, -0.15) is 0 Å². The molecule has 0 aromatic carbocycles. The van der Waals surface area contributed by atoms with Gasteiger partial charge in [0.25, 0.3) is 0 Å². The van der Waals surface area contributed by atoms with Crippen molar-refractivity contribution in [1.82, 2.24) is 10.3 Å². The van der Waals surface area contributed by atoms with E-state index in [1.54, 1.807) is 5.57 Å². The molecular formula is C19H20BrClN2. The van der Waals surface area contributed by atoms with Crippen molar-refractivity contribution in [1.29, 1.82) is 0 Å². The molecule has 1 N–H and O–H groups in total. The Morgan fingerprint density at radius 3 is 2.70 bits per heavy atom. The summed E-state index contributed by atoms with van der Waals surface area (Å²) in [6, 6.07) is 2.24. The molecule has 120 valence electrons. The second kappa shape index (κ2) is 6.54. The third-order valence-corrected chi connectivity index (χ3v) is 5.76. The molecule has 0 amide bonds. The maximum absolute atomic E-state index is 6.34. The maximum atomic E-state index is 6.34. The topological polar surface area (TPSA) is 24.9 Å². The zero-order chi connectivity index (χ0) is 15.8. The summed E-state index contributed by atoms with van der Waals surface area (Å²) >= 11 is 9.92. The number of hydrogen-bond acceptors (Lipinski definition) is 2. The van der Waals surface area contributed by atoms with E-state index in [0.717, 1.165) is 61.1 Å². The summed E-state index contributed by atoms with van der Waals surface area (Å²) in [5.74, 6) is 0. The highest BCUT2D eigenvalue weighted by Gasteiger charge is 2.26. The third-order valence-electron chi connectivity index (χ3n) is 5.03. The van der Waals surface area contributed by atoms with Gasteiger partial charge in [-0.3, -0.25) is 4.98 Å². The molecule has 0 bridgehead atoms. The summed E-state index contributed by atoms with van der Waals surface area (Å²) in [6.45, 7) is 2.15. The van der Waals surface area contributed by atoms with Gasteiger partial charge in [0.2, 0.25) is 0 Å². The number of halogens is 2. The van der Waals surface area contributed by atoms with Crippen LogP contribution in [0.2, 0.25) is 0 Å². The van der Waals surface area contributed by atoms with E-state index in [-0.39, 0.29) is 0 Å². The van der Waals surface area contributed by atoms with Crippen LogP contribution in [-0.4, -0.2) is 18.1 Å². The van der Waals surface area contributed by atoms with E-state index in [1.165, 1.54) is 28.0 Å². The minimum atomic E-state index is 0.960. The van der Waals surface area contributed by atoms with Crippen LogP contribution in [0.4, 0.5) is 0 Å². The Morgan fingerprint density at radius 1 is 1.04 bits per heavy atom. The number of rotatable bonds is 0. The molecule has 3 aliphatic rings. The maximum Gasteiger partial charge on any atom is 0.0737 e. The first-order valence-corrected chi connectivity index (χ1v) is 9.55. The van der Waals surface area contributed by atoms with E-state index in [9.17, 15) is 0 Å². The van der Waals surface area contributed by atoms with Crippen molar-refractivity contribution in [2.75, 3.05) is 13.1 Å². The van der Waals surface area contributed by atoms with Crippen molar-refractivity contribution in [2.45, 2.75) is 38.5 Å². The van der Waals surface area contributed by atoms with Gasteiger partial charge < -0.3 is 5.32 Å². The van der Waals surface area contributed by atoms with Gasteiger partial charge in [0.15, 0.2) is 0 Å². The molecule has 0 saturated carbocycles. The van der Waals surface area contributed by atoms with E-state index in [1.807, 2.05) is 6.20 Å². The van der Waals surface area contributed by atoms with Crippen molar-refractivity contribution in [3.63, 3.8) is 0 Å². The molecule has 23 heavy (non-hydrogen) atoms. The van der Waals surface area contributed by atoms with Crippen molar-refractivity contribution < 1.29 is 0 Å². The highest BCUT2D eigenvalue weighted by atomic mass is 79.9. The molecule has 1 aromatic heterocycles. The molecule has 0 unspecified atom stereocenters. The van der Waals surface area contributed by atoms with Crippen LogP contribution in [0.15, 0.2) is 44.6 Å². The summed E-state index contributed by atoms with van der Waals surface area (Å²) in [4.78, 5) is 4.83. The number of aryl methyl sites for hydroxylation is 1. The first-order valence-electron chi connectivity index (χ1n) is 8.38. The summed E-state index contributed by atoms with van der Waals surface area (Å²) in [6.07, 6.45) is 10.5. The molecule has 2 heterocycles. The standard InChI is InChI=1S/C19H20BrClN2/c20-15-9-14-2-1-13-10-16(21)3-4-17(13)18(19(14)23-11-15)12-5-7-22-8-6-12/h9-11,22H,1-8H2. The van der Waals surface area contributed by atoms with Crippen LogP contribution in [0.1, 0.15) is 43.4 Å². The molecule has 0 radical (unpaired) electrons. The fourth-order valence-electron chi connectivity index (χ4n) is 3.93. The number of allylic oxidation sites excluding steroid dienone is 5. The van der Waals surface area contributed by atoms with Gasteiger partial charge >= 0.3 is 0 Å². The van der Waals surface area contributed by atoms with E-state index in [0.29, 0.717) is 0 Å². The predicted molar refractivity (Wildman–Crippen MR) is 99.5 cm³/mol. The Labute approximate surface area is 150 Å². The SMILES string of the molecule is ClC1=CC2=C(CC1)C(=C1CCNCC1)c1ncc(Br)cc1CC2. The summed E-state index contributed by atoms with van der Waals surface area (Å²) in [5, 5.41) is 4.47. The van der Waals surface area contributed by atoms with Crippen LogP contribution >= 0.6 is 27.5 Å². The first kappa shape index (κ1) is 15.6. The molecule has 1 saturated heterocycles. The zero-order valence-electron chi connectivity index (χ0n) is 13.1. The Morgan fingerprint density at radius 2 is 1.87 bits per heavy atom. The normalized spacial score (nSPS) is 21.6. The lowest BCUT2D eigenvalue weighted by atomic mass is 9.84. The quantitative estimate of drug-likeness (QED) is 0.662. The molecule has 1 aliphatic heterocycles. The van der Waals surface area contributed by atoms with Crippen molar-refractivity contribution in [2.24, 2.45) is 0 Å². The number of hydrogen-bond donors (Lipinski definition) is 1. The fourth-order valence-corrected chi connectivity index (χ4v) is 4.54. The van der Waals surface area contributed by atoms with E-state index in [2.05, 4.69) is 33.4 Å². The lowest BCUT2D eigenvalue weighted by molar-refractivity contribution is 0.611. The third kappa shape index (κ3) is 3.07. The lowest BCUT2D eigenvalue weighted by Gasteiger charge is -2.25. The Bertz CT molecular complexity index is 738. The molecule has 4 rings (SSSR count). The van der Waals surface area contributed by atoms with Crippen LogP contribution in [-0.2, 0) is 6.42 Å². The second-order valence-electron chi connectivity index (χ2n) is 6.48. The molecule has 0 spiro atoms. The second-order valence-corrected chi connectivity index (χ2v) is 7.89. The Balaban J connectivity index is 1.93. The summed E-state index contributed by atoms with van der Waals surface area (Å²) < 4.78 is 1.07. The molecule has 2 aliphatic carbocycles. The molecule has 0 atom stereocenters. The average molecular weight is 392 g/mol. The first-order chi connectivity index (χ1) is 11.2. The highest BCUT2D eigenvalue weighted by Crippen LogP contribution is 2.43. The van der Waals surface area contributed by atoms with Crippen LogP contribution in [0.3, 0.4) is 0 Å². The largest absolute Gasteiger partial charge is 0.316 e. The Hall–Kier alpha value is -0.900. The average Bonchev–Trinajstić information content (AvgIpc) is 2.72. The van der Waals surface area contributed by atoms with Crippen molar-refractivity contribution in [3.05, 3.63) is 55.8 Å². The summed E-state index contributed by atoms with van der Waals surface area (Å²) in [5.41, 5.74) is 8.50. The van der Waals surface area contributed by atoms with E-state index in [4.69, 9.17) is 16.6 Å². The number of fused-ring (bicyclic) bond motifs is 1. The highest BCUT2D eigenvalue weighted by molar-refractivity contribution is 9.10. The molecule has 4 heteroatoms. The van der Waals surface area contributed by atoms with Crippen LogP contribution in [0.5, 0.6) is 0 Å². The van der Waals surface area contributed by atoms with Crippen molar-refractivity contribution >= 4 is 33.1 Å². The number of nitrogens with zero attached hydrogens (tertiary/aromatic N) is 1. The Kier molecular flexibility index (Phi) is 4.44. The summed E-state index contributed by atoms with van der Waals surface area (Å²) in [7, 11) is 0. The minimum absolute atomic E-state index is 0.960. The van der Waals surface area contributed by atoms with Crippen molar-refractivity contribution in [3.8, 4) is 0 Å². The number of aromatic nitrogens is 1. The van der Waals surface area contributed by atoms with E-state index >= 15 is 0 Å². The smallest absolute Gasteiger partial charge is 0.0737 e. The van der Waals surface area contributed by atoms with Gasteiger partial charge in [-0.15, -0.1) is 0 Å². The number of piperidine rings is 1. The molecule has 1 aromatic rings. The van der Waals surface area contributed by atoms with E-state index < -0.39 is 0 Å². The minimum Gasteiger partial charge on any atom is -0.316 e. The van der Waals surface area contributed by atoms with Gasteiger partial charge in [-0.1, -0.05) is 17.2 Å². The van der Waals surface area contributed by atoms with Crippen LogP contribution in [0.25, 0.3) is 5.57 Å². The monoisotopic (exact) mass is 390 g/mol. The van der Waals surface area contributed by atoms with Gasteiger partial charge in [0.05, 0.1) is 5.69 Å². The lowest BCUT2D eigenvalue weighted by Crippen LogP contribution is -2.24. The van der Waals surface area contributed by atoms with Crippen LogP contribution < -0.4 is 5.32 Å². The van der Waals surface area contributed by atoms with Gasteiger partial charge in [-0.05, 0) is 96.4 Å². The van der Waals surface area contributed by atoms with Gasteiger partial charge in [0, 0.05) is 21.3 Å².